The second kappa shape index (κ2) is 5.31. The maximum absolute atomic E-state index is 11.0. The Hall–Kier alpha value is -2.36. The minimum absolute atomic E-state index is 0.152. The van der Waals surface area contributed by atoms with Gasteiger partial charge in [-0.15, -0.1) is 0 Å². The number of rotatable bonds is 4. The zero-order valence-corrected chi connectivity index (χ0v) is 9.88. The quantitative estimate of drug-likeness (QED) is 0.611. The molecule has 0 aliphatic rings. The minimum atomic E-state index is -0.446. The Kier molecular flexibility index (Phi) is 3.57. The first-order valence-corrected chi connectivity index (χ1v) is 5.43. The fourth-order valence-electron chi connectivity index (χ4n) is 1.72. The van der Waals surface area contributed by atoms with E-state index in [0.717, 1.165) is 17.1 Å². The van der Waals surface area contributed by atoms with Gasteiger partial charge >= 0.3 is 5.97 Å². The number of methoxy groups -OCH3 is 1. The molecule has 18 heavy (non-hydrogen) atoms. The number of benzene rings is 2. The van der Waals surface area contributed by atoms with Crippen LogP contribution >= 0.6 is 0 Å². The predicted molar refractivity (Wildman–Crippen MR) is 66.8 cm³/mol. The van der Waals surface area contributed by atoms with Gasteiger partial charge in [0.15, 0.2) is 12.9 Å². The Labute approximate surface area is 104 Å². The number of fused-ring (bicyclic) bond motifs is 1. The molecule has 0 amide bonds. The molecular weight excluding hydrogens is 232 g/mol. The van der Waals surface area contributed by atoms with Crippen LogP contribution < -0.4 is 4.74 Å². The molecule has 0 bridgehead atoms. The molecule has 0 aliphatic heterocycles. The van der Waals surface area contributed by atoms with E-state index in [4.69, 9.17) is 4.74 Å². The summed E-state index contributed by atoms with van der Waals surface area (Å²) in [5, 5.41) is 1.60. The fraction of sp³-hybridized carbons (Fsp3) is 0.143. The molecule has 0 unspecified atom stereocenters. The van der Waals surface area contributed by atoms with E-state index in [1.165, 1.54) is 7.11 Å². The van der Waals surface area contributed by atoms with Gasteiger partial charge < -0.3 is 9.47 Å². The van der Waals surface area contributed by atoms with E-state index in [-0.39, 0.29) is 6.61 Å². The van der Waals surface area contributed by atoms with Crippen LogP contribution in [0.5, 0.6) is 5.75 Å². The SMILES string of the molecule is COC(=O)COc1ccc(C=O)c2ccccc12. The van der Waals surface area contributed by atoms with Gasteiger partial charge in [-0.25, -0.2) is 4.79 Å². The normalized spacial score (nSPS) is 10.1. The smallest absolute Gasteiger partial charge is 0.343 e. The Balaban J connectivity index is 2.40. The second-order valence-corrected chi connectivity index (χ2v) is 3.68. The molecule has 92 valence electrons. The molecule has 2 aromatic rings. The van der Waals surface area contributed by atoms with Crippen molar-refractivity contribution in [3.8, 4) is 5.75 Å². The van der Waals surface area contributed by atoms with Crippen molar-refractivity contribution in [1.82, 2.24) is 0 Å². The summed E-state index contributed by atoms with van der Waals surface area (Å²) in [5.74, 6) is 0.111. The molecule has 4 heteroatoms. The molecule has 2 rings (SSSR count). The number of ether oxygens (including phenoxy) is 2. The second-order valence-electron chi connectivity index (χ2n) is 3.68. The first-order valence-electron chi connectivity index (χ1n) is 5.43. The van der Waals surface area contributed by atoms with Crippen LogP contribution in [0.3, 0.4) is 0 Å². The molecule has 0 heterocycles. The monoisotopic (exact) mass is 244 g/mol. The highest BCUT2D eigenvalue weighted by atomic mass is 16.6. The Morgan fingerprint density at radius 1 is 1.17 bits per heavy atom. The van der Waals surface area contributed by atoms with Crippen molar-refractivity contribution in [2.24, 2.45) is 0 Å². The molecule has 0 saturated carbocycles. The van der Waals surface area contributed by atoms with Gasteiger partial charge in [0.1, 0.15) is 5.75 Å². The molecule has 0 radical (unpaired) electrons. The highest BCUT2D eigenvalue weighted by molar-refractivity contribution is 6.01. The summed E-state index contributed by atoms with van der Waals surface area (Å²) in [6.07, 6.45) is 0.798. The fourth-order valence-corrected chi connectivity index (χ4v) is 1.72. The maximum atomic E-state index is 11.0. The summed E-state index contributed by atoms with van der Waals surface area (Å²) in [4.78, 5) is 22.0. The van der Waals surface area contributed by atoms with E-state index in [1.54, 1.807) is 12.1 Å². The Bertz CT molecular complexity index is 589. The molecule has 2 aromatic carbocycles. The molecule has 0 atom stereocenters. The number of carbonyl (C=O) groups is 2. The van der Waals surface area contributed by atoms with Crippen molar-refractivity contribution in [3.63, 3.8) is 0 Å². The molecule has 0 fully saturated rings. The molecule has 0 aliphatic carbocycles. The average Bonchev–Trinajstić information content (AvgIpc) is 2.44. The van der Waals surface area contributed by atoms with Crippen LogP contribution in [0.4, 0.5) is 0 Å². The lowest BCUT2D eigenvalue weighted by molar-refractivity contribution is -0.142. The third kappa shape index (κ3) is 2.32. The van der Waals surface area contributed by atoms with Crippen molar-refractivity contribution >= 4 is 23.0 Å². The van der Waals surface area contributed by atoms with Crippen LogP contribution in [-0.4, -0.2) is 26.0 Å². The standard InChI is InChI=1S/C14H12O4/c1-17-14(16)9-18-13-7-6-10(8-15)11-4-2-3-5-12(11)13/h2-8H,9H2,1H3. The van der Waals surface area contributed by atoms with E-state index in [9.17, 15) is 9.59 Å². The van der Waals surface area contributed by atoms with E-state index in [0.29, 0.717) is 11.3 Å². The predicted octanol–water partition coefficient (Wildman–Crippen LogP) is 2.20. The molecule has 0 N–H and O–H groups in total. The first-order chi connectivity index (χ1) is 8.76. The van der Waals surface area contributed by atoms with Crippen LogP contribution in [0, 0.1) is 0 Å². The summed E-state index contributed by atoms with van der Waals surface area (Å²) in [7, 11) is 1.30. The van der Waals surface area contributed by atoms with Crippen molar-refractivity contribution in [1.29, 1.82) is 0 Å². The van der Waals surface area contributed by atoms with Crippen LogP contribution in [0.25, 0.3) is 10.8 Å². The highest BCUT2D eigenvalue weighted by Gasteiger charge is 2.08. The number of hydrogen-bond donors (Lipinski definition) is 0. The van der Waals surface area contributed by atoms with E-state index >= 15 is 0 Å². The first kappa shape index (κ1) is 12.1. The van der Waals surface area contributed by atoms with Gasteiger partial charge in [0, 0.05) is 10.9 Å². The molecule has 0 saturated heterocycles. The van der Waals surface area contributed by atoms with Crippen molar-refractivity contribution in [3.05, 3.63) is 42.0 Å². The van der Waals surface area contributed by atoms with E-state index < -0.39 is 5.97 Å². The summed E-state index contributed by atoms with van der Waals surface area (Å²) in [5.41, 5.74) is 0.594. The van der Waals surface area contributed by atoms with Crippen LogP contribution in [0.1, 0.15) is 10.4 Å². The summed E-state index contributed by atoms with van der Waals surface area (Å²) >= 11 is 0. The van der Waals surface area contributed by atoms with Crippen LogP contribution in [0.2, 0.25) is 0 Å². The Morgan fingerprint density at radius 3 is 2.56 bits per heavy atom. The van der Waals surface area contributed by atoms with Crippen LogP contribution in [0.15, 0.2) is 36.4 Å². The van der Waals surface area contributed by atoms with Gasteiger partial charge in [0.05, 0.1) is 7.11 Å². The van der Waals surface area contributed by atoms with Crippen LogP contribution in [-0.2, 0) is 9.53 Å². The largest absolute Gasteiger partial charge is 0.481 e. The zero-order valence-electron chi connectivity index (χ0n) is 9.88. The third-order valence-corrected chi connectivity index (χ3v) is 2.62. The topological polar surface area (TPSA) is 52.6 Å². The van der Waals surface area contributed by atoms with Gasteiger partial charge in [0.25, 0.3) is 0 Å². The van der Waals surface area contributed by atoms with Gasteiger partial charge in [-0.2, -0.15) is 0 Å². The van der Waals surface area contributed by atoms with Crippen molar-refractivity contribution in [2.45, 2.75) is 0 Å². The molecule has 4 nitrogen and oxygen atoms in total. The van der Waals surface area contributed by atoms with E-state index in [1.807, 2.05) is 24.3 Å². The average molecular weight is 244 g/mol. The molecule has 0 aromatic heterocycles. The van der Waals surface area contributed by atoms with Crippen molar-refractivity contribution in [2.75, 3.05) is 13.7 Å². The lowest BCUT2D eigenvalue weighted by Crippen LogP contribution is -2.12. The van der Waals surface area contributed by atoms with Crippen molar-refractivity contribution < 1.29 is 19.1 Å². The minimum Gasteiger partial charge on any atom is -0.481 e. The summed E-state index contributed by atoms with van der Waals surface area (Å²) in [6, 6.07) is 10.7. The lowest BCUT2D eigenvalue weighted by Gasteiger charge is -2.09. The van der Waals surface area contributed by atoms with E-state index in [2.05, 4.69) is 4.74 Å². The number of aldehydes is 1. The van der Waals surface area contributed by atoms with Gasteiger partial charge in [-0.3, -0.25) is 4.79 Å². The third-order valence-electron chi connectivity index (χ3n) is 2.62. The Morgan fingerprint density at radius 2 is 1.89 bits per heavy atom. The lowest BCUT2D eigenvalue weighted by atomic mass is 10.0. The van der Waals surface area contributed by atoms with Gasteiger partial charge in [-0.1, -0.05) is 24.3 Å². The number of hydrogen-bond acceptors (Lipinski definition) is 4. The summed E-state index contributed by atoms with van der Waals surface area (Å²) in [6.45, 7) is -0.152. The number of esters is 1. The highest BCUT2D eigenvalue weighted by Crippen LogP contribution is 2.27. The molecule has 0 spiro atoms. The zero-order chi connectivity index (χ0) is 13.0. The number of carbonyl (C=O) groups excluding carboxylic acids is 2. The molecular formula is C14H12O4. The summed E-state index contributed by atoms with van der Waals surface area (Å²) < 4.78 is 9.89. The van der Waals surface area contributed by atoms with Gasteiger partial charge in [-0.05, 0) is 17.5 Å². The van der Waals surface area contributed by atoms with Gasteiger partial charge in [0.2, 0.25) is 0 Å². The maximum Gasteiger partial charge on any atom is 0.343 e.